The molecule has 2 aromatic carbocycles. The summed E-state index contributed by atoms with van der Waals surface area (Å²) in [4.78, 5) is 0. The second-order valence-corrected chi connectivity index (χ2v) is 6.59. The Morgan fingerprint density at radius 2 is 1.63 bits per heavy atom. The van der Waals surface area contributed by atoms with Crippen molar-refractivity contribution in [3.8, 4) is 0 Å². The first kappa shape index (κ1) is 15.8. The molecular formula is C15H17BO2P. The molecule has 19 heavy (non-hydrogen) atoms. The van der Waals surface area contributed by atoms with Gasteiger partial charge in [-0.1, -0.05) is 37.3 Å². The van der Waals surface area contributed by atoms with E-state index in [-0.39, 0.29) is 8.41 Å². The van der Waals surface area contributed by atoms with Crippen LogP contribution in [-0.2, 0) is 15.5 Å². The molecule has 2 aromatic rings. The van der Waals surface area contributed by atoms with Gasteiger partial charge in [-0.2, -0.15) is 0 Å². The van der Waals surface area contributed by atoms with Gasteiger partial charge in [-0.15, -0.1) is 0 Å². The van der Waals surface area contributed by atoms with Gasteiger partial charge in [0.25, 0.3) is 7.37 Å². The van der Waals surface area contributed by atoms with E-state index in [4.69, 9.17) is 4.52 Å². The molecule has 2 nitrogen and oxygen atoms in total. The van der Waals surface area contributed by atoms with E-state index in [2.05, 4.69) is 6.92 Å². The Kier molecular flexibility index (Phi) is 5.59. The van der Waals surface area contributed by atoms with E-state index in [0.29, 0.717) is 0 Å². The topological polar surface area (TPSA) is 26.3 Å². The lowest BCUT2D eigenvalue weighted by Crippen LogP contribution is -2.17. The van der Waals surface area contributed by atoms with Crippen LogP contribution >= 0.6 is 7.37 Å². The SMILES string of the molecule is CCc1cccc(P(=O)(OC)c2ccccc2)c1.[B]. The molecule has 0 saturated carbocycles. The molecule has 2 rings (SSSR count). The van der Waals surface area contributed by atoms with Crippen LogP contribution in [0.1, 0.15) is 12.5 Å². The van der Waals surface area contributed by atoms with Crippen molar-refractivity contribution in [2.24, 2.45) is 0 Å². The fourth-order valence-electron chi connectivity index (χ4n) is 1.94. The van der Waals surface area contributed by atoms with Gasteiger partial charge in [0.1, 0.15) is 0 Å². The van der Waals surface area contributed by atoms with Gasteiger partial charge in [0.05, 0.1) is 0 Å². The molecule has 0 fully saturated rings. The van der Waals surface area contributed by atoms with Crippen molar-refractivity contribution in [3.05, 3.63) is 60.2 Å². The summed E-state index contributed by atoms with van der Waals surface area (Å²) >= 11 is 0. The van der Waals surface area contributed by atoms with E-state index < -0.39 is 7.37 Å². The highest BCUT2D eigenvalue weighted by Gasteiger charge is 2.26. The van der Waals surface area contributed by atoms with Crippen LogP contribution in [0.2, 0.25) is 0 Å². The summed E-state index contributed by atoms with van der Waals surface area (Å²) in [5.41, 5.74) is 1.17. The third-order valence-electron chi connectivity index (χ3n) is 3.01. The summed E-state index contributed by atoms with van der Waals surface area (Å²) < 4.78 is 18.4. The molecule has 0 heterocycles. The van der Waals surface area contributed by atoms with Crippen molar-refractivity contribution in [1.29, 1.82) is 0 Å². The molecule has 0 N–H and O–H groups in total. The van der Waals surface area contributed by atoms with E-state index >= 15 is 0 Å². The summed E-state index contributed by atoms with van der Waals surface area (Å²) in [6, 6.07) is 17.2. The van der Waals surface area contributed by atoms with E-state index in [1.807, 2.05) is 54.6 Å². The first-order valence-corrected chi connectivity index (χ1v) is 7.64. The van der Waals surface area contributed by atoms with Gasteiger partial charge < -0.3 is 4.52 Å². The molecule has 0 aliphatic carbocycles. The lowest BCUT2D eigenvalue weighted by Gasteiger charge is -2.17. The molecule has 0 spiro atoms. The Labute approximate surface area is 116 Å². The molecule has 3 radical (unpaired) electrons. The number of rotatable bonds is 4. The normalized spacial score (nSPS) is 13.4. The van der Waals surface area contributed by atoms with Crippen LogP contribution in [0, 0.1) is 0 Å². The van der Waals surface area contributed by atoms with Gasteiger partial charge in [0.15, 0.2) is 0 Å². The monoisotopic (exact) mass is 271 g/mol. The van der Waals surface area contributed by atoms with Gasteiger partial charge in [0.2, 0.25) is 0 Å². The fourth-order valence-corrected chi connectivity index (χ4v) is 3.85. The predicted molar refractivity (Wildman–Crippen MR) is 81.9 cm³/mol. The van der Waals surface area contributed by atoms with Crippen molar-refractivity contribution in [2.45, 2.75) is 13.3 Å². The summed E-state index contributed by atoms with van der Waals surface area (Å²) in [5.74, 6) is 0. The average Bonchev–Trinajstić information content (AvgIpc) is 2.47. The van der Waals surface area contributed by atoms with Crippen LogP contribution < -0.4 is 10.6 Å². The highest BCUT2D eigenvalue weighted by atomic mass is 31.2. The second-order valence-electron chi connectivity index (χ2n) is 4.09. The highest BCUT2D eigenvalue weighted by Crippen LogP contribution is 2.43. The summed E-state index contributed by atoms with van der Waals surface area (Å²) in [6.45, 7) is 2.08. The lowest BCUT2D eigenvalue weighted by molar-refractivity contribution is 0.412. The molecule has 0 bridgehead atoms. The Morgan fingerprint density at radius 1 is 1.00 bits per heavy atom. The van der Waals surface area contributed by atoms with Crippen molar-refractivity contribution >= 4 is 26.4 Å². The van der Waals surface area contributed by atoms with Crippen molar-refractivity contribution in [1.82, 2.24) is 0 Å². The standard InChI is InChI=1S/C15H17O2P.B/c1-3-13-8-7-11-15(12-13)18(16,17-2)14-9-5-4-6-10-14;/h4-12H,3H2,1-2H3;. The first-order chi connectivity index (χ1) is 8.70. The van der Waals surface area contributed by atoms with E-state index in [0.717, 1.165) is 17.0 Å². The van der Waals surface area contributed by atoms with Crippen molar-refractivity contribution in [2.75, 3.05) is 7.11 Å². The smallest absolute Gasteiger partial charge is 0.261 e. The van der Waals surface area contributed by atoms with E-state index in [1.165, 1.54) is 12.7 Å². The molecule has 0 aliphatic heterocycles. The number of hydrogen-bond donors (Lipinski definition) is 0. The Bertz CT molecular complexity index is 569. The lowest BCUT2D eigenvalue weighted by atomic mass is 10.2. The average molecular weight is 271 g/mol. The minimum Gasteiger partial charge on any atom is -0.325 e. The van der Waals surface area contributed by atoms with E-state index in [1.54, 1.807) is 0 Å². The highest BCUT2D eigenvalue weighted by molar-refractivity contribution is 7.74. The molecule has 97 valence electrons. The Balaban J connectivity index is 0.00000180. The third-order valence-corrected chi connectivity index (χ3v) is 5.46. The molecule has 0 aliphatic rings. The maximum atomic E-state index is 13.0. The van der Waals surface area contributed by atoms with Crippen LogP contribution in [-0.4, -0.2) is 15.5 Å². The minimum atomic E-state index is -2.95. The minimum absolute atomic E-state index is 0. The maximum absolute atomic E-state index is 13.0. The fraction of sp³-hybridized carbons (Fsp3) is 0.200. The molecule has 0 amide bonds. The van der Waals surface area contributed by atoms with Gasteiger partial charge in [-0.3, -0.25) is 4.57 Å². The quantitative estimate of drug-likeness (QED) is 0.631. The van der Waals surface area contributed by atoms with Crippen LogP contribution in [0.25, 0.3) is 0 Å². The number of aryl methyl sites for hydroxylation is 1. The molecule has 1 atom stereocenters. The maximum Gasteiger partial charge on any atom is 0.261 e. The number of benzene rings is 2. The van der Waals surface area contributed by atoms with E-state index in [9.17, 15) is 4.57 Å². The van der Waals surface area contributed by atoms with Gasteiger partial charge in [0, 0.05) is 26.1 Å². The zero-order valence-electron chi connectivity index (χ0n) is 11.2. The predicted octanol–water partition coefficient (Wildman–Crippen LogP) is 2.74. The molecule has 0 saturated heterocycles. The van der Waals surface area contributed by atoms with Crippen LogP contribution in [0.4, 0.5) is 0 Å². The van der Waals surface area contributed by atoms with Gasteiger partial charge >= 0.3 is 0 Å². The Hall–Kier alpha value is -1.31. The second kappa shape index (κ2) is 6.74. The van der Waals surface area contributed by atoms with Crippen molar-refractivity contribution in [3.63, 3.8) is 0 Å². The van der Waals surface area contributed by atoms with Crippen LogP contribution in [0.15, 0.2) is 54.6 Å². The third kappa shape index (κ3) is 3.18. The summed E-state index contributed by atoms with van der Waals surface area (Å²) in [6.07, 6.45) is 0.923. The molecule has 4 heteroatoms. The van der Waals surface area contributed by atoms with Crippen LogP contribution in [0.3, 0.4) is 0 Å². The zero-order chi connectivity index (χ0) is 13.0. The van der Waals surface area contributed by atoms with Crippen LogP contribution in [0.5, 0.6) is 0 Å². The van der Waals surface area contributed by atoms with Gasteiger partial charge in [-0.25, -0.2) is 0 Å². The van der Waals surface area contributed by atoms with Gasteiger partial charge in [-0.05, 0) is 36.2 Å². The Morgan fingerprint density at radius 3 is 2.21 bits per heavy atom. The number of hydrogen-bond acceptors (Lipinski definition) is 2. The molecular weight excluding hydrogens is 254 g/mol. The van der Waals surface area contributed by atoms with Crippen molar-refractivity contribution < 1.29 is 9.09 Å². The largest absolute Gasteiger partial charge is 0.325 e. The molecule has 0 aromatic heterocycles. The first-order valence-electron chi connectivity index (χ1n) is 6.01. The summed E-state index contributed by atoms with van der Waals surface area (Å²) in [7, 11) is -1.44. The summed E-state index contributed by atoms with van der Waals surface area (Å²) in [5, 5.41) is 1.50. The zero-order valence-corrected chi connectivity index (χ0v) is 12.1. The molecule has 1 unspecified atom stereocenters.